The highest BCUT2D eigenvalue weighted by molar-refractivity contribution is 5.45. The Morgan fingerprint density at radius 3 is 2.77 bits per heavy atom. The van der Waals surface area contributed by atoms with Crippen LogP contribution in [0.5, 0.6) is 0 Å². The summed E-state index contributed by atoms with van der Waals surface area (Å²) >= 11 is 0. The molecule has 9 heteroatoms. The van der Waals surface area contributed by atoms with E-state index >= 15 is 0 Å². The number of aliphatic hydroxyl groups is 1. The second-order valence-corrected chi connectivity index (χ2v) is 5.51. The van der Waals surface area contributed by atoms with Crippen molar-refractivity contribution in [1.82, 2.24) is 19.8 Å². The first-order valence-corrected chi connectivity index (χ1v) is 7.00. The van der Waals surface area contributed by atoms with Gasteiger partial charge in [0.1, 0.15) is 5.82 Å². The molecule has 120 valence electrons. The van der Waals surface area contributed by atoms with Gasteiger partial charge in [0.15, 0.2) is 5.65 Å². The lowest BCUT2D eigenvalue weighted by Crippen LogP contribution is -2.46. The van der Waals surface area contributed by atoms with Crippen LogP contribution in [0.3, 0.4) is 0 Å². The van der Waals surface area contributed by atoms with E-state index in [0.29, 0.717) is 38.4 Å². The van der Waals surface area contributed by atoms with Crippen molar-refractivity contribution in [3.8, 4) is 0 Å². The van der Waals surface area contributed by atoms with E-state index in [4.69, 9.17) is 4.74 Å². The van der Waals surface area contributed by atoms with Gasteiger partial charge in [0.25, 0.3) is 6.43 Å². The van der Waals surface area contributed by atoms with Crippen molar-refractivity contribution < 1.29 is 18.6 Å². The second kappa shape index (κ2) is 5.73. The van der Waals surface area contributed by atoms with Gasteiger partial charge in [0.05, 0.1) is 5.60 Å². The van der Waals surface area contributed by atoms with Gasteiger partial charge < -0.3 is 14.7 Å². The number of halogens is 2. The Morgan fingerprint density at radius 1 is 1.36 bits per heavy atom. The topological polar surface area (TPSA) is 75.8 Å². The van der Waals surface area contributed by atoms with Crippen LogP contribution >= 0.6 is 0 Å². The number of hydrogen-bond donors (Lipinski definition) is 1. The van der Waals surface area contributed by atoms with Gasteiger partial charge in [-0.2, -0.15) is 4.52 Å². The number of anilines is 1. The van der Waals surface area contributed by atoms with Crippen LogP contribution in [0.2, 0.25) is 0 Å². The Labute approximate surface area is 125 Å². The van der Waals surface area contributed by atoms with Gasteiger partial charge in [0, 0.05) is 39.6 Å². The molecule has 1 saturated heterocycles. The predicted molar refractivity (Wildman–Crippen MR) is 74.0 cm³/mol. The van der Waals surface area contributed by atoms with E-state index in [0.717, 1.165) is 4.52 Å². The Balaban J connectivity index is 1.84. The van der Waals surface area contributed by atoms with E-state index in [1.54, 1.807) is 24.1 Å². The largest absolute Gasteiger partial charge is 0.388 e. The maximum absolute atomic E-state index is 12.9. The number of fused-ring (bicyclic) bond motifs is 1. The molecule has 1 aliphatic rings. The van der Waals surface area contributed by atoms with E-state index in [1.807, 2.05) is 0 Å². The summed E-state index contributed by atoms with van der Waals surface area (Å²) in [6.45, 7) is 1.37. The lowest BCUT2D eigenvalue weighted by Gasteiger charge is -2.35. The van der Waals surface area contributed by atoms with Crippen LogP contribution in [0.4, 0.5) is 14.6 Å². The Morgan fingerprint density at radius 2 is 2.09 bits per heavy atom. The average Bonchev–Trinajstić information content (AvgIpc) is 2.90. The van der Waals surface area contributed by atoms with Gasteiger partial charge in [-0.15, -0.1) is 15.3 Å². The normalized spacial score (nSPS) is 18.0. The maximum Gasteiger partial charge on any atom is 0.299 e. The SMILES string of the molecule is CN(CC1(O)CCOCC1)c1ccc2nnc(C(F)F)n2n1. The summed E-state index contributed by atoms with van der Waals surface area (Å²) in [7, 11) is 1.76. The Bertz CT molecular complexity index is 657. The molecule has 0 amide bonds. The minimum absolute atomic E-state index is 0.261. The number of aromatic nitrogens is 4. The van der Waals surface area contributed by atoms with Crippen molar-refractivity contribution in [2.24, 2.45) is 0 Å². The van der Waals surface area contributed by atoms with E-state index in [-0.39, 0.29) is 5.65 Å². The summed E-state index contributed by atoms with van der Waals surface area (Å²) < 4.78 is 32.0. The highest BCUT2D eigenvalue weighted by Gasteiger charge is 2.31. The molecular formula is C13H17F2N5O2. The lowest BCUT2D eigenvalue weighted by atomic mass is 9.94. The van der Waals surface area contributed by atoms with Crippen molar-refractivity contribution >= 4 is 11.5 Å². The van der Waals surface area contributed by atoms with Gasteiger partial charge in [-0.25, -0.2) is 8.78 Å². The maximum atomic E-state index is 12.9. The summed E-state index contributed by atoms with van der Waals surface area (Å²) in [5.74, 6) is -0.0239. The second-order valence-electron chi connectivity index (χ2n) is 5.51. The molecule has 7 nitrogen and oxygen atoms in total. The molecule has 22 heavy (non-hydrogen) atoms. The average molecular weight is 313 g/mol. The van der Waals surface area contributed by atoms with Gasteiger partial charge >= 0.3 is 0 Å². The molecule has 1 fully saturated rings. The molecule has 3 rings (SSSR count). The molecule has 1 N–H and O–H groups in total. The van der Waals surface area contributed by atoms with Crippen LogP contribution in [0.1, 0.15) is 25.1 Å². The number of likely N-dealkylation sites (N-methyl/N-ethyl adjacent to an activating group) is 1. The van der Waals surface area contributed by atoms with Crippen LogP contribution in [0.25, 0.3) is 5.65 Å². The zero-order chi connectivity index (χ0) is 15.7. The molecular weight excluding hydrogens is 296 g/mol. The number of alkyl halides is 2. The van der Waals surface area contributed by atoms with Crippen molar-refractivity contribution in [2.75, 3.05) is 31.7 Å². The van der Waals surface area contributed by atoms with E-state index in [9.17, 15) is 13.9 Å². The van der Waals surface area contributed by atoms with Crippen LogP contribution < -0.4 is 4.90 Å². The summed E-state index contributed by atoms with van der Waals surface area (Å²) in [5.41, 5.74) is -0.597. The summed E-state index contributed by atoms with van der Waals surface area (Å²) in [5, 5.41) is 21.8. The van der Waals surface area contributed by atoms with Gasteiger partial charge in [0.2, 0.25) is 5.82 Å². The number of rotatable bonds is 4. The first-order chi connectivity index (χ1) is 10.5. The van der Waals surface area contributed by atoms with Crippen molar-refractivity contribution in [1.29, 1.82) is 0 Å². The van der Waals surface area contributed by atoms with Crippen molar-refractivity contribution in [3.63, 3.8) is 0 Å². The molecule has 0 atom stereocenters. The number of ether oxygens (including phenoxy) is 1. The van der Waals surface area contributed by atoms with Crippen LogP contribution in [0.15, 0.2) is 12.1 Å². The van der Waals surface area contributed by atoms with Crippen LogP contribution in [-0.4, -0.2) is 57.3 Å². The van der Waals surface area contributed by atoms with Gasteiger partial charge in [-0.1, -0.05) is 0 Å². The number of nitrogens with zero attached hydrogens (tertiary/aromatic N) is 5. The van der Waals surface area contributed by atoms with Gasteiger partial charge in [-0.05, 0) is 12.1 Å². The first-order valence-electron chi connectivity index (χ1n) is 7.00. The number of hydrogen-bond acceptors (Lipinski definition) is 6. The smallest absolute Gasteiger partial charge is 0.299 e. The highest BCUT2D eigenvalue weighted by Crippen LogP contribution is 2.24. The van der Waals surface area contributed by atoms with Gasteiger partial charge in [-0.3, -0.25) is 0 Å². The highest BCUT2D eigenvalue weighted by atomic mass is 19.3. The first kappa shape index (κ1) is 15.0. The lowest BCUT2D eigenvalue weighted by molar-refractivity contribution is -0.0573. The molecule has 2 aromatic rings. The zero-order valence-electron chi connectivity index (χ0n) is 12.1. The fraction of sp³-hybridized carbons (Fsp3) is 0.615. The molecule has 2 aromatic heterocycles. The molecule has 0 aliphatic carbocycles. The summed E-state index contributed by atoms with van der Waals surface area (Å²) in [6.07, 6.45) is -1.68. The van der Waals surface area contributed by atoms with E-state index in [2.05, 4.69) is 15.3 Å². The van der Waals surface area contributed by atoms with Crippen LogP contribution in [0, 0.1) is 0 Å². The molecule has 0 radical (unpaired) electrons. The molecule has 0 spiro atoms. The Hall–Kier alpha value is -1.87. The quantitative estimate of drug-likeness (QED) is 0.909. The molecule has 1 aliphatic heterocycles. The molecule has 0 unspecified atom stereocenters. The standard InChI is InChI=1S/C13H17F2N5O2/c1-19(8-13(21)4-6-22-7-5-13)10-3-2-9-16-17-12(11(14)15)20(9)18-10/h2-3,11,21H,4-8H2,1H3. The molecule has 0 bridgehead atoms. The van der Waals surface area contributed by atoms with E-state index in [1.165, 1.54) is 0 Å². The fourth-order valence-corrected chi connectivity index (χ4v) is 2.57. The van der Waals surface area contributed by atoms with Crippen LogP contribution in [-0.2, 0) is 4.74 Å². The third-order valence-corrected chi connectivity index (χ3v) is 3.81. The molecule has 0 aromatic carbocycles. The fourth-order valence-electron chi connectivity index (χ4n) is 2.57. The predicted octanol–water partition coefficient (Wildman–Crippen LogP) is 1.04. The third kappa shape index (κ3) is 2.86. The minimum atomic E-state index is -2.75. The Kier molecular flexibility index (Phi) is 3.92. The third-order valence-electron chi connectivity index (χ3n) is 3.81. The molecule has 0 saturated carbocycles. The van der Waals surface area contributed by atoms with E-state index < -0.39 is 17.9 Å². The summed E-state index contributed by atoms with van der Waals surface area (Å²) in [4.78, 5) is 1.74. The monoisotopic (exact) mass is 313 g/mol. The van der Waals surface area contributed by atoms with Crippen molar-refractivity contribution in [3.05, 3.63) is 18.0 Å². The minimum Gasteiger partial charge on any atom is -0.388 e. The molecule has 3 heterocycles. The summed E-state index contributed by atoms with van der Waals surface area (Å²) in [6, 6.07) is 3.24. The van der Waals surface area contributed by atoms with Crippen molar-refractivity contribution in [2.45, 2.75) is 24.9 Å². The zero-order valence-corrected chi connectivity index (χ0v) is 12.1.